The molecule has 0 atom stereocenters. The highest BCUT2D eigenvalue weighted by Crippen LogP contribution is 2.37. The number of benzene rings is 2. The van der Waals surface area contributed by atoms with Gasteiger partial charge in [0.25, 0.3) is 5.91 Å². The van der Waals surface area contributed by atoms with Gasteiger partial charge in [-0.1, -0.05) is 29.3 Å². The van der Waals surface area contributed by atoms with Crippen LogP contribution in [0.4, 0.5) is 5.69 Å². The lowest BCUT2D eigenvalue weighted by atomic mass is 10.1. The van der Waals surface area contributed by atoms with Gasteiger partial charge >= 0.3 is 5.97 Å². The van der Waals surface area contributed by atoms with Gasteiger partial charge < -0.3 is 19.5 Å². The summed E-state index contributed by atoms with van der Waals surface area (Å²) < 4.78 is 15.9. The van der Waals surface area contributed by atoms with E-state index in [1.165, 1.54) is 12.1 Å². The number of nitriles is 1. The highest BCUT2D eigenvalue weighted by atomic mass is 35.5. The molecular formula is C23H23ClN2O5. The lowest BCUT2D eigenvalue weighted by Crippen LogP contribution is -2.15. The zero-order valence-electron chi connectivity index (χ0n) is 17.5. The first-order valence-electron chi connectivity index (χ1n) is 9.62. The molecule has 1 N–H and O–H groups in total. The Bertz CT molecular complexity index is 1010. The molecule has 2 aromatic rings. The van der Waals surface area contributed by atoms with Crippen LogP contribution in [0.3, 0.4) is 0 Å². The molecular weight excluding hydrogens is 420 g/mol. The van der Waals surface area contributed by atoms with Crippen LogP contribution >= 0.6 is 11.6 Å². The number of ether oxygens (including phenoxy) is 3. The Morgan fingerprint density at radius 2 is 1.84 bits per heavy atom. The van der Waals surface area contributed by atoms with Gasteiger partial charge in [0.2, 0.25) is 0 Å². The second-order valence-corrected chi connectivity index (χ2v) is 6.75. The van der Waals surface area contributed by atoms with Crippen LogP contribution in [0.5, 0.6) is 11.5 Å². The number of hydrogen-bond donors (Lipinski definition) is 1. The summed E-state index contributed by atoms with van der Waals surface area (Å²) >= 11 is 6.31. The van der Waals surface area contributed by atoms with E-state index in [4.69, 9.17) is 25.8 Å². The molecule has 0 aromatic heterocycles. The molecule has 0 unspecified atom stereocenters. The van der Waals surface area contributed by atoms with Crippen LogP contribution in [0, 0.1) is 18.3 Å². The third kappa shape index (κ3) is 7.05. The normalized spacial score (nSPS) is 10.7. The summed E-state index contributed by atoms with van der Waals surface area (Å²) in [5.41, 5.74) is 1.98. The number of rotatable bonds is 9. The van der Waals surface area contributed by atoms with E-state index in [0.29, 0.717) is 17.9 Å². The number of halogens is 1. The SMILES string of the molecule is CCOC(=O)COc1c(Cl)cc(/C=C(\C#N)C(=O)Nc2ccc(C)cc2)cc1OCC. The summed E-state index contributed by atoms with van der Waals surface area (Å²) in [6.07, 6.45) is 1.40. The Kier molecular flexibility index (Phi) is 8.92. The number of nitrogens with one attached hydrogen (secondary N) is 1. The molecule has 2 rings (SSSR count). The summed E-state index contributed by atoms with van der Waals surface area (Å²) in [7, 11) is 0. The lowest BCUT2D eigenvalue weighted by Gasteiger charge is -2.14. The van der Waals surface area contributed by atoms with Crippen molar-refractivity contribution in [3.8, 4) is 17.6 Å². The van der Waals surface area contributed by atoms with Gasteiger partial charge in [0.1, 0.15) is 11.6 Å². The summed E-state index contributed by atoms with van der Waals surface area (Å²) in [5.74, 6) is -0.634. The Morgan fingerprint density at radius 1 is 1.13 bits per heavy atom. The molecule has 0 heterocycles. The molecule has 0 fully saturated rings. The first-order valence-corrected chi connectivity index (χ1v) is 10.00. The summed E-state index contributed by atoms with van der Waals surface area (Å²) in [5, 5.41) is 12.3. The predicted octanol–water partition coefficient (Wildman–Crippen LogP) is 4.53. The molecule has 162 valence electrons. The average Bonchev–Trinajstić information content (AvgIpc) is 2.73. The lowest BCUT2D eigenvalue weighted by molar-refractivity contribution is -0.145. The van der Waals surface area contributed by atoms with Crippen LogP contribution < -0.4 is 14.8 Å². The predicted molar refractivity (Wildman–Crippen MR) is 118 cm³/mol. The van der Waals surface area contributed by atoms with Gasteiger partial charge in [0, 0.05) is 5.69 Å². The number of esters is 1. The molecule has 7 nitrogen and oxygen atoms in total. The van der Waals surface area contributed by atoms with Crippen LogP contribution in [0.1, 0.15) is 25.0 Å². The number of aryl methyl sites for hydroxylation is 1. The Morgan fingerprint density at radius 3 is 2.45 bits per heavy atom. The van der Waals surface area contributed by atoms with Gasteiger partial charge in [-0.15, -0.1) is 0 Å². The summed E-state index contributed by atoms with van der Waals surface area (Å²) in [6, 6.07) is 12.2. The minimum Gasteiger partial charge on any atom is -0.490 e. The van der Waals surface area contributed by atoms with E-state index in [0.717, 1.165) is 5.56 Å². The van der Waals surface area contributed by atoms with Crippen LogP contribution in [-0.2, 0) is 14.3 Å². The molecule has 2 aromatic carbocycles. The van der Waals surface area contributed by atoms with Crippen molar-refractivity contribution >= 4 is 35.2 Å². The smallest absolute Gasteiger partial charge is 0.344 e. The van der Waals surface area contributed by atoms with E-state index >= 15 is 0 Å². The molecule has 0 aliphatic rings. The Labute approximate surface area is 186 Å². The molecule has 0 radical (unpaired) electrons. The summed E-state index contributed by atoms with van der Waals surface area (Å²) in [4.78, 5) is 24.1. The highest BCUT2D eigenvalue weighted by Gasteiger charge is 2.16. The van der Waals surface area contributed by atoms with E-state index in [-0.39, 0.29) is 35.3 Å². The van der Waals surface area contributed by atoms with Gasteiger partial charge in [-0.25, -0.2) is 4.79 Å². The maximum atomic E-state index is 12.5. The Hall–Kier alpha value is -3.50. The first kappa shape index (κ1) is 23.8. The van der Waals surface area contributed by atoms with Crippen molar-refractivity contribution in [1.29, 1.82) is 5.26 Å². The van der Waals surface area contributed by atoms with Gasteiger partial charge in [-0.3, -0.25) is 4.79 Å². The van der Waals surface area contributed by atoms with E-state index in [9.17, 15) is 14.9 Å². The largest absolute Gasteiger partial charge is 0.490 e. The van der Waals surface area contributed by atoms with Gasteiger partial charge in [-0.2, -0.15) is 5.26 Å². The first-order chi connectivity index (χ1) is 14.9. The fraction of sp³-hybridized carbons (Fsp3) is 0.261. The van der Waals surface area contributed by atoms with Crippen molar-refractivity contribution in [2.24, 2.45) is 0 Å². The summed E-state index contributed by atoms with van der Waals surface area (Å²) in [6.45, 7) is 5.63. The average molecular weight is 443 g/mol. The topological polar surface area (TPSA) is 97.7 Å². The third-order valence-electron chi connectivity index (χ3n) is 3.96. The van der Waals surface area contributed by atoms with Crippen LogP contribution in [0.15, 0.2) is 42.0 Å². The quantitative estimate of drug-likeness (QED) is 0.348. The fourth-order valence-electron chi connectivity index (χ4n) is 2.56. The minimum absolute atomic E-state index is 0.112. The maximum absolute atomic E-state index is 12.5. The van der Waals surface area contributed by atoms with Crippen molar-refractivity contribution in [1.82, 2.24) is 0 Å². The standard InChI is InChI=1S/C23H23ClN2O5/c1-4-29-20-12-16(11-19(24)22(20)31-14-21(27)30-5-2)10-17(13-25)23(28)26-18-8-6-15(3)7-9-18/h6-12H,4-5,14H2,1-3H3,(H,26,28)/b17-10+. The van der Waals surface area contributed by atoms with E-state index < -0.39 is 11.9 Å². The number of hydrogen-bond acceptors (Lipinski definition) is 6. The maximum Gasteiger partial charge on any atom is 0.344 e. The number of carbonyl (C=O) groups excluding carboxylic acids is 2. The Balaban J connectivity index is 2.27. The van der Waals surface area contributed by atoms with E-state index in [2.05, 4.69) is 5.32 Å². The van der Waals surface area contributed by atoms with Crippen molar-refractivity contribution in [3.63, 3.8) is 0 Å². The van der Waals surface area contributed by atoms with Crippen molar-refractivity contribution < 1.29 is 23.8 Å². The molecule has 0 saturated heterocycles. The number of nitrogens with zero attached hydrogens (tertiary/aromatic N) is 1. The molecule has 0 aliphatic carbocycles. The zero-order valence-corrected chi connectivity index (χ0v) is 18.3. The van der Waals surface area contributed by atoms with Crippen LogP contribution in [0.2, 0.25) is 5.02 Å². The monoisotopic (exact) mass is 442 g/mol. The van der Waals surface area contributed by atoms with E-state index in [1.54, 1.807) is 32.0 Å². The van der Waals surface area contributed by atoms with E-state index in [1.807, 2.05) is 25.1 Å². The van der Waals surface area contributed by atoms with Gasteiger partial charge in [0.15, 0.2) is 18.1 Å². The van der Waals surface area contributed by atoms with Crippen molar-refractivity contribution in [3.05, 3.63) is 58.1 Å². The molecule has 1 amide bonds. The van der Waals surface area contributed by atoms with Crippen molar-refractivity contribution in [2.45, 2.75) is 20.8 Å². The molecule has 0 aliphatic heterocycles. The molecule has 0 bridgehead atoms. The van der Waals surface area contributed by atoms with Crippen LogP contribution in [-0.4, -0.2) is 31.7 Å². The minimum atomic E-state index is -0.553. The number of carbonyl (C=O) groups is 2. The number of anilines is 1. The number of amides is 1. The second kappa shape index (κ2) is 11.6. The molecule has 31 heavy (non-hydrogen) atoms. The van der Waals surface area contributed by atoms with Crippen LogP contribution in [0.25, 0.3) is 6.08 Å². The van der Waals surface area contributed by atoms with Crippen molar-refractivity contribution in [2.75, 3.05) is 25.1 Å². The second-order valence-electron chi connectivity index (χ2n) is 6.35. The van der Waals surface area contributed by atoms with Gasteiger partial charge in [0.05, 0.1) is 18.2 Å². The third-order valence-corrected chi connectivity index (χ3v) is 4.24. The highest BCUT2D eigenvalue weighted by molar-refractivity contribution is 6.32. The molecule has 0 saturated carbocycles. The molecule has 8 heteroatoms. The fourth-order valence-corrected chi connectivity index (χ4v) is 2.83. The van der Waals surface area contributed by atoms with Gasteiger partial charge in [-0.05, 0) is 56.7 Å². The molecule has 0 spiro atoms. The zero-order chi connectivity index (χ0) is 22.8.